The van der Waals surface area contributed by atoms with Crippen molar-refractivity contribution in [3.05, 3.63) is 29.8 Å². The van der Waals surface area contributed by atoms with E-state index >= 15 is 0 Å². The van der Waals surface area contributed by atoms with Crippen LogP contribution in [0.3, 0.4) is 0 Å². The molecule has 1 aromatic rings. The molecule has 7 heteroatoms. The van der Waals surface area contributed by atoms with Crippen LogP contribution in [0.15, 0.2) is 24.3 Å². The molecule has 1 aliphatic heterocycles. The van der Waals surface area contributed by atoms with Crippen LogP contribution in [0.2, 0.25) is 0 Å². The molecule has 0 unspecified atom stereocenters. The van der Waals surface area contributed by atoms with E-state index in [0.717, 1.165) is 57.0 Å². The minimum absolute atomic E-state index is 0.116. The highest BCUT2D eigenvalue weighted by atomic mass is 32.2. The summed E-state index contributed by atoms with van der Waals surface area (Å²) in [5.74, 6) is 0.625. The van der Waals surface area contributed by atoms with Gasteiger partial charge in [0.2, 0.25) is 5.91 Å². The van der Waals surface area contributed by atoms with Crippen LogP contribution >= 0.6 is 0 Å². The SMILES string of the molecule is CS(=O)(=O)Oc1ccc(CN(C[C@@H]2CCCO2)C(=O)C2CCCCC2)cc1. The fourth-order valence-corrected chi connectivity index (χ4v) is 4.38. The summed E-state index contributed by atoms with van der Waals surface area (Å²) in [6, 6.07) is 6.89. The average Bonchev–Trinajstić information content (AvgIpc) is 3.15. The van der Waals surface area contributed by atoms with Gasteiger partial charge in [0.05, 0.1) is 12.4 Å². The second-order valence-electron chi connectivity index (χ2n) is 7.62. The Morgan fingerprint density at radius 3 is 2.41 bits per heavy atom. The minimum Gasteiger partial charge on any atom is -0.383 e. The molecule has 0 N–H and O–H groups in total. The first kappa shape index (κ1) is 20.1. The van der Waals surface area contributed by atoms with Gasteiger partial charge in [-0.05, 0) is 43.4 Å². The molecule has 6 nitrogen and oxygen atoms in total. The predicted octanol–water partition coefficient (Wildman–Crippen LogP) is 3.11. The average molecular weight is 396 g/mol. The molecule has 0 radical (unpaired) electrons. The highest BCUT2D eigenvalue weighted by molar-refractivity contribution is 7.86. The Bertz CT molecular complexity index is 719. The quantitative estimate of drug-likeness (QED) is 0.663. The molecule has 0 aromatic heterocycles. The topological polar surface area (TPSA) is 72.9 Å². The van der Waals surface area contributed by atoms with Crippen molar-refractivity contribution in [2.45, 2.75) is 57.6 Å². The van der Waals surface area contributed by atoms with E-state index in [1.807, 2.05) is 17.0 Å². The van der Waals surface area contributed by atoms with E-state index in [4.69, 9.17) is 8.92 Å². The van der Waals surface area contributed by atoms with Gasteiger partial charge in [-0.2, -0.15) is 8.42 Å². The first-order valence-electron chi connectivity index (χ1n) is 9.79. The van der Waals surface area contributed by atoms with Gasteiger partial charge in [-0.25, -0.2) is 0 Å². The van der Waals surface area contributed by atoms with Crippen LogP contribution in [-0.2, 0) is 26.2 Å². The fraction of sp³-hybridized carbons (Fsp3) is 0.650. The summed E-state index contributed by atoms with van der Waals surface area (Å²) in [4.78, 5) is 15.0. The van der Waals surface area contributed by atoms with E-state index in [-0.39, 0.29) is 23.7 Å². The molecule has 0 bridgehead atoms. The van der Waals surface area contributed by atoms with Crippen LogP contribution in [0.1, 0.15) is 50.5 Å². The van der Waals surface area contributed by atoms with Gasteiger partial charge in [0.1, 0.15) is 5.75 Å². The molecular formula is C20H29NO5S. The second-order valence-corrected chi connectivity index (χ2v) is 9.20. The van der Waals surface area contributed by atoms with Gasteiger partial charge in [0.25, 0.3) is 0 Å². The van der Waals surface area contributed by atoms with Gasteiger partial charge < -0.3 is 13.8 Å². The van der Waals surface area contributed by atoms with E-state index in [1.165, 1.54) is 6.42 Å². The summed E-state index contributed by atoms with van der Waals surface area (Å²) in [6.45, 7) is 1.90. The summed E-state index contributed by atoms with van der Waals surface area (Å²) >= 11 is 0. The van der Waals surface area contributed by atoms with Crippen LogP contribution in [0, 0.1) is 5.92 Å². The summed E-state index contributed by atoms with van der Waals surface area (Å²) in [5.41, 5.74) is 0.956. The second kappa shape index (κ2) is 9.06. The third kappa shape index (κ3) is 6.21. The van der Waals surface area contributed by atoms with Crippen molar-refractivity contribution in [1.82, 2.24) is 4.90 Å². The van der Waals surface area contributed by atoms with Crippen molar-refractivity contribution in [3.8, 4) is 5.75 Å². The van der Waals surface area contributed by atoms with Crippen LogP contribution in [0.5, 0.6) is 5.75 Å². The molecule has 1 atom stereocenters. The third-order valence-corrected chi connectivity index (χ3v) is 5.75. The number of benzene rings is 1. The maximum atomic E-state index is 13.1. The van der Waals surface area contributed by atoms with Crippen molar-refractivity contribution in [1.29, 1.82) is 0 Å². The van der Waals surface area contributed by atoms with Gasteiger partial charge in [0, 0.05) is 25.6 Å². The monoisotopic (exact) mass is 395 g/mol. The van der Waals surface area contributed by atoms with Crippen LogP contribution in [0.4, 0.5) is 0 Å². The maximum absolute atomic E-state index is 13.1. The molecule has 3 rings (SSSR count). The highest BCUT2D eigenvalue weighted by Gasteiger charge is 2.29. The maximum Gasteiger partial charge on any atom is 0.306 e. The van der Waals surface area contributed by atoms with Crippen molar-refractivity contribution >= 4 is 16.0 Å². The molecule has 150 valence electrons. The Morgan fingerprint density at radius 1 is 1.11 bits per heavy atom. The summed E-state index contributed by atoms with van der Waals surface area (Å²) in [6.07, 6.45) is 8.60. The number of rotatable bonds is 7. The molecular weight excluding hydrogens is 366 g/mol. The lowest BCUT2D eigenvalue weighted by atomic mass is 9.88. The highest BCUT2D eigenvalue weighted by Crippen LogP contribution is 2.27. The van der Waals surface area contributed by atoms with Crippen LogP contribution in [0.25, 0.3) is 0 Å². The van der Waals surface area contributed by atoms with Gasteiger partial charge in [0.15, 0.2) is 0 Å². The van der Waals surface area contributed by atoms with Crippen molar-refractivity contribution < 1.29 is 22.1 Å². The Labute approximate surface area is 162 Å². The summed E-state index contributed by atoms with van der Waals surface area (Å²) in [5, 5.41) is 0. The minimum atomic E-state index is -3.54. The number of carbonyl (C=O) groups excluding carboxylic acids is 1. The molecule has 27 heavy (non-hydrogen) atoms. The van der Waals surface area contributed by atoms with Gasteiger partial charge >= 0.3 is 10.1 Å². The van der Waals surface area contributed by atoms with Crippen LogP contribution < -0.4 is 4.18 Å². The lowest BCUT2D eigenvalue weighted by Crippen LogP contribution is -2.41. The third-order valence-electron chi connectivity index (χ3n) is 5.26. The van der Waals surface area contributed by atoms with Crippen molar-refractivity contribution in [2.75, 3.05) is 19.4 Å². The Kier molecular flexibility index (Phi) is 6.76. The molecule has 1 aromatic carbocycles. The van der Waals surface area contributed by atoms with E-state index in [0.29, 0.717) is 13.1 Å². The fourth-order valence-electron chi connectivity index (χ4n) is 3.92. The number of ether oxygens (including phenoxy) is 1. The Balaban J connectivity index is 1.68. The lowest BCUT2D eigenvalue weighted by molar-refractivity contribution is -0.138. The normalized spacial score (nSPS) is 21.1. The molecule has 1 aliphatic carbocycles. The Hall–Kier alpha value is -1.60. The molecule has 1 heterocycles. The first-order valence-corrected chi connectivity index (χ1v) is 11.6. The first-order chi connectivity index (χ1) is 12.9. The molecule has 1 saturated heterocycles. The zero-order chi connectivity index (χ0) is 19.3. The number of amides is 1. The molecule has 2 aliphatic rings. The summed E-state index contributed by atoms with van der Waals surface area (Å²) in [7, 11) is -3.54. The van der Waals surface area contributed by atoms with Crippen molar-refractivity contribution in [3.63, 3.8) is 0 Å². The zero-order valence-corrected chi connectivity index (χ0v) is 16.7. The van der Waals surface area contributed by atoms with Crippen molar-refractivity contribution in [2.24, 2.45) is 5.92 Å². The molecule has 0 spiro atoms. The number of nitrogens with zero attached hydrogens (tertiary/aromatic N) is 1. The molecule has 2 fully saturated rings. The molecule has 1 saturated carbocycles. The number of hydrogen-bond acceptors (Lipinski definition) is 5. The van der Waals surface area contributed by atoms with E-state index in [1.54, 1.807) is 12.1 Å². The van der Waals surface area contributed by atoms with E-state index in [2.05, 4.69) is 0 Å². The number of hydrogen-bond donors (Lipinski definition) is 0. The van der Waals surface area contributed by atoms with Crippen LogP contribution in [-0.4, -0.2) is 44.7 Å². The summed E-state index contributed by atoms with van der Waals surface area (Å²) < 4.78 is 33.1. The smallest absolute Gasteiger partial charge is 0.306 e. The van der Waals surface area contributed by atoms with E-state index < -0.39 is 10.1 Å². The standard InChI is InChI=1S/C20H29NO5S/c1-27(23,24)26-18-11-9-16(10-12-18)14-21(15-19-8-5-13-25-19)20(22)17-6-3-2-4-7-17/h9-12,17,19H,2-8,13-15H2,1H3/t19-/m0/s1. The zero-order valence-electron chi connectivity index (χ0n) is 15.9. The van der Waals surface area contributed by atoms with Gasteiger partial charge in [-0.15, -0.1) is 0 Å². The van der Waals surface area contributed by atoms with Gasteiger partial charge in [-0.3, -0.25) is 4.79 Å². The lowest BCUT2D eigenvalue weighted by Gasteiger charge is -2.31. The van der Waals surface area contributed by atoms with Gasteiger partial charge in [-0.1, -0.05) is 31.4 Å². The predicted molar refractivity (Wildman–Crippen MR) is 103 cm³/mol. The largest absolute Gasteiger partial charge is 0.383 e. The Morgan fingerprint density at radius 2 is 1.81 bits per heavy atom. The van der Waals surface area contributed by atoms with E-state index in [9.17, 15) is 13.2 Å². The molecule has 1 amide bonds. The number of carbonyl (C=O) groups is 1.